The van der Waals surface area contributed by atoms with Crippen molar-refractivity contribution in [2.75, 3.05) is 12.4 Å². The van der Waals surface area contributed by atoms with Gasteiger partial charge in [0.25, 0.3) is 5.69 Å². The van der Waals surface area contributed by atoms with Crippen molar-refractivity contribution < 1.29 is 9.66 Å². The number of nitro groups is 1. The monoisotopic (exact) mass is 291 g/mol. The SMILES string of the molecule is CCC(CS)COc1ccc([N+](=O)[O-])c2ccccc12. The molecule has 2 rings (SSSR count). The van der Waals surface area contributed by atoms with E-state index in [-0.39, 0.29) is 10.6 Å². The van der Waals surface area contributed by atoms with Crippen LogP contribution in [0.15, 0.2) is 36.4 Å². The highest BCUT2D eigenvalue weighted by Crippen LogP contribution is 2.33. The molecule has 0 saturated heterocycles. The van der Waals surface area contributed by atoms with Gasteiger partial charge in [0.2, 0.25) is 0 Å². The van der Waals surface area contributed by atoms with Gasteiger partial charge in [-0.1, -0.05) is 25.1 Å². The van der Waals surface area contributed by atoms with E-state index in [4.69, 9.17) is 4.74 Å². The number of hydrogen-bond acceptors (Lipinski definition) is 4. The Kier molecular flexibility index (Phi) is 4.84. The van der Waals surface area contributed by atoms with Crippen LogP contribution >= 0.6 is 12.6 Å². The van der Waals surface area contributed by atoms with Gasteiger partial charge in [-0.3, -0.25) is 10.1 Å². The van der Waals surface area contributed by atoms with Gasteiger partial charge in [-0.2, -0.15) is 12.6 Å². The Bertz CT molecular complexity index is 611. The first-order valence-corrected chi connectivity index (χ1v) is 7.20. The second-order valence-electron chi connectivity index (χ2n) is 4.65. The maximum atomic E-state index is 11.0. The second kappa shape index (κ2) is 6.61. The number of non-ortho nitro benzene ring substituents is 1. The predicted octanol–water partition coefficient (Wildman–Crippen LogP) is 4.08. The smallest absolute Gasteiger partial charge is 0.277 e. The van der Waals surface area contributed by atoms with E-state index in [0.29, 0.717) is 23.7 Å². The van der Waals surface area contributed by atoms with Crippen LogP contribution in [-0.2, 0) is 0 Å². The number of ether oxygens (including phenoxy) is 1. The van der Waals surface area contributed by atoms with Crippen LogP contribution in [0.2, 0.25) is 0 Å². The highest BCUT2D eigenvalue weighted by Gasteiger charge is 2.15. The highest BCUT2D eigenvalue weighted by molar-refractivity contribution is 7.80. The third-order valence-electron chi connectivity index (χ3n) is 3.37. The average molecular weight is 291 g/mol. The minimum Gasteiger partial charge on any atom is -0.493 e. The molecule has 0 aliphatic heterocycles. The van der Waals surface area contributed by atoms with Crippen molar-refractivity contribution in [2.24, 2.45) is 5.92 Å². The van der Waals surface area contributed by atoms with E-state index in [9.17, 15) is 10.1 Å². The fraction of sp³-hybridized carbons (Fsp3) is 0.333. The molecule has 4 nitrogen and oxygen atoms in total. The Morgan fingerprint density at radius 3 is 2.55 bits per heavy atom. The lowest BCUT2D eigenvalue weighted by Gasteiger charge is -2.14. The standard InChI is InChI=1S/C15H17NO3S/c1-2-11(10-20)9-19-15-8-7-14(16(17)18)12-5-3-4-6-13(12)15/h3-8,11,20H,2,9-10H2,1H3. The summed E-state index contributed by atoms with van der Waals surface area (Å²) in [5, 5.41) is 12.4. The third-order valence-corrected chi connectivity index (χ3v) is 3.88. The molecule has 0 aliphatic rings. The maximum absolute atomic E-state index is 11.0. The summed E-state index contributed by atoms with van der Waals surface area (Å²) in [5.41, 5.74) is 0.106. The number of hydrogen-bond donors (Lipinski definition) is 1. The first-order chi connectivity index (χ1) is 9.67. The number of nitrogens with zero attached hydrogens (tertiary/aromatic N) is 1. The number of fused-ring (bicyclic) bond motifs is 1. The van der Waals surface area contributed by atoms with Crippen LogP contribution in [0.25, 0.3) is 10.8 Å². The van der Waals surface area contributed by atoms with Gasteiger partial charge in [-0.15, -0.1) is 0 Å². The zero-order valence-corrected chi connectivity index (χ0v) is 12.2. The summed E-state index contributed by atoms with van der Waals surface area (Å²) in [6.07, 6.45) is 0.994. The molecule has 0 radical (unpaired) electrons. The van der Waals surface area contributed by atoms with Crippen molar-refractivity contribution >= 4 is 29.1 Å². The lowest BCUT2D eigenvalue weighted by atomic mass is 10.1. The summed E-state index contributed by atoms with van der Waals surface area (Å²) in [7, 11) is 0. The zero-order valence-electron chi connectivity index (χ0n) is 11.3. The average Bonchev–Trinajstić information content (AvgIpc) is 2.47. The van der Waals surface area contributed by atoms with Gasteiger partial charge in [-0.05, 0) is 24.3 Å². The van der Waals surface area contributed by atoms with Crippen LogP contribution in [0, 0.1) is 16.0 Å². The summed E-state index contributed by atoms with van der Waals surface area (Å²) in [5.74, 6) is 1.83. The Balaban J connectivity index is 2.36. The zero-order chi connectivity index (χ0) is 14.5. The Morgan fingerprint density at radius 1 is 1.25 bits per heavy atom. The van der Waals surface area contributed by atoms with E-state index >= 15 is 0 Å². The van der Waals surface area contributed by atoms with E-state index in [1.807, 2.05) is 12.1 Å². The van der Waals surface area contributed by atoms with Gasteiger partial charge in [-0.25, -0.2) is 0 Å². The quantitative estimate of drug-likeness (QED) is 0.495. The molecular formula is C15H17NO3S. The molecule has 0 bridgehead atoms. The van der Waals surface area contributed by atoms with E-state index in [1.165, 1.54) is 6.07 Å². The summed E-state index contributed by atoms with van der Waals surface area (Å²) in [6.45, 7) is 2.67. The molecule has 0 aliphatic carbocycles. The molecule has 0 fully saturated rings. The van der Waals surface area contributed by atoms with Crippen LogP contribution in [0.3, 0.4) is 0 Å². The molecule has 0 aromatic heterocycles. The van der Waals surface area contributed by atoms with E-state index in [0.717, 1.165) is 17.6 Å². The third kappa shape index (κ3) is 3.04. The first kappa shape index (κ1) is 14.7. The molecule has 1 atom stereocenters. The fourth-order valence-corrected chi connectivity index (χ4v) is 2.41. The van der Waals surface area contributed by atoms with Gasteiger partial charge in [0, 0.05) is 17.4 Å². The van der Waals surface area contributed by atoms with E-state index in [2.05, 4.69) is 19.6 Å². The molecule has 0 spiro atoms. The van der Waals surface area contributed by atoms with Gasteiger partial charge in [0.05, 0.1) is 16.9 Å². The minimum atomic E-state index is -0.366. The molecule has 20 heavy (non-hydrogen) atoms. The van der Waals surface area contributed by atoms with Crippen molar-refractivity contribution in [2.45, 2.75) is 13.3 Å². The van der Waals surface area contributed by atoms with Crippen LogP contribution in [0.4, 0.5) is 5.69 Å². The lowest BCUT2D eigenvalue weighted by Crippen LogP contribution is -2.12. The van der Waals surface area contributed by atoms with Gasteiger partial charge >= 0.3 is 0 Å². The van der Waals surface area contributed by atoms with E-state index in [1.54, 1.807) is 18.2 Å². The molecule has 0 amide bonds. The van der Waals surface area contributed by atoms with Gasteiger partial charge < -0.3 is 4.74 Å². The second-order valence-corrected chi connectivity index (χ2v) is 5.02. The van der Waals surface area contributed by atoms with Crippen molar-refractivity contribution in [3.8, 4) is 5.75 Å². The van der Waals surface area contributed by atoms with Crippen LogP contribution in [0.5, 0.6) is 5.75 Å². The first-order valence-electron chi connectivity index (χ1n) is 6.57. The summed E-state index contributed by atoms with van der Waals surface area (Å²) in [4.78, 5) is 10.7. The molecule has 0 N–H and O–H groups in total. The Labute approximate surface area is 123 Å². The number of nitro benzene ring substituents is 1. The number of rotatable bonds is 6. The van der Waals surface area contributed by atoms with Crippen LogP contribution < -0.4 is 4.74 Å². The Morgan fingerprint density at radius 2 is 1.95 bits per heavy atom. The minimum absolute atomic E-state index is 0.106. The molecular weight excluding hydrogens is 274 g/mol. The summed E-state index contributed by atoms with van der Waals surface area (Å²) < 4.78 is 5.83. The number of thiol groups is 1. The number of benzene rings is 2. The summed E-state index contributed by atoms with van der Waals surface area (Å²) >= 11 is 4.29. The molecule has 2 aromatic carbocycles. The van der Waals surface area contributed by atoms with Crippen molar-refractivity contribution in [1.29, 1.82) is 0 Å². The molecule has 0 heterocycles. The largest absolute Gasteiger partial charge is 0.493 e. The molecule has 0 saturated carbocycles. The molecule has 1 unspecified atom stereocenters. The summed E-state index contributed by atoms with van der Waals surface area (Å²) in [6, 6.07) is 10.4. The molecule has 5 heteroatoms. The lowest BCUT2D eigenvalue weighted by molar-refractivity contribution is -0.383. The van der Waals surface area contributed by atoms with Crippen molar-refractivity contribution in [3.05, 3.63) is 46.5 Å². The molecule has 2 aromatic rings. The highest BCUT2D eigenvalue weighted by atomic mass is 32.1. The predicted molar refractivity (Wildman–Crippen MR) is 83.7 cm³/mol. The molecule has 106 valence electrons. The van der Waals surface area contributed by atoms with Gasteiger partial charge in [0.1, 0.15) is 5.75 Å². The Hall–Kier alpha value is -1.75. The normalized spacial score (nSPS) is 12.3. The van der Waals surface area contributed by atoms with Crippen molar-refractivity contribution in [3.63, 3.8) is 0 Å². The topological polar surface area (TPSA) is 52.4 Å². The van der Waals surface area contributed by atoms with Crippen LogP contribution in [-0.4, -0.2) is 17.3 Å². The fourth-order valence-electron chi connectivity index (χ4n) is 2.05. The maximum Gasteiger partial charge on any atom is 0.277 e. The van der Waals surface area contributed by atoms with Crippen LogP contribution in [0.1, 0.15) is 13.3 Å². The van der Waals surface area contributed by atoms with E-state index < -0.39 is 0 Å². The van der Waals surface area contributed by atoms with Crippen molar-refractivity contribution in [1.82, 2.24) is 0 Å². The van der Waals surface area contributed by atoms with Gasteiger partial charge in [0.15, 0.2) is 0 Å².